The quantitative estimate of drug-likeness (QED) is 0.880. The van der Waals surface area contributed by atoms with Crippen molar-refractivity contribution in [1.29, 1.82) is 0 Å². The molecular weight excluding hydrogens is 332 g/mol. The molecule has 0 spiro atoms. The predicted molar refractivity (Wildman–Crippen MR) is 87.9 cm³/mol. The lowest BCUT2D eigenvalue weighted by atomic mass is 10.0. The molecule has 1 aliphatic heterocycles. The summed E-state index contributed by atoms with van der Waals surface area (Å²) in [5.74, 6) is 0.319. The van der Waals surface area contributed by atoms with E-state index in [1.807, 2.05) is 4.90 Å². The van der Waals surface area contributed by atoms with E-state index >= 15 is 0 Å². The Morgan fingerprint density at radius 3 is 2.76 bits per heavy atom. The van der Waals surface area contributed by atoms with Gasteiger partial charge < -0.3 is 19.8 Å². The van der Waals surface area contributed by atoms with Crippen LogP contribution in [-0.4, -0.2) is 52.8 Å². The van der Waals surface area contributed by atoms with Crippen LogP contribution in [0.25, 0.3) is 11.3 Å². The molecule has 1 saturated heterocycles. The highest BCUT2D eigenvalue weighted by molar-refractivity contribution is 5.72. The Hall–Kier alpha value is -2.32. The van der Waals surface area contributed by atoms with E-state index in [-0.39, 0.29) is 35.3 Å². The Labute approximate surface area is 143 Å². The topological polar surface area (TPSA) is 78.7 Å². The molecule has 0 saturated carbocycles. The third-order valence-electron chi connectivity index (χ3n) is 4.10. The molecule has 1 atom stereocenters. The zero-order chi connectivity index (χ0) is 18.0. The summed E-state index contributed by atoms with van der Waals surface area (Å²) in [6.45, 7) is 3.09. The second kappa shape index (κ2) is 7.28. The summed E-state index contributed by atoms with van der Waals surface area (Å²) in [5.41, 5.74) is 0.453. The number of anilines is 1. The average Bonchev–Trinajstić information content (AvgIpc) is 2.61. The summed E-state index contributed by atoms with van der Waals surface area (Å²) < 4.78 is 32.0. The van der Waals surface area contributed by atoms with Gasteiger partial charge in [-0.3, -0.25) is 0 Å². The Kier molecular flexibility index (Phi) is 5.10. The third-order valence-corrected chi connectivity index (χ3v) is 4.10. The largest absolute Gasteiger partial charge is 0.507 e. The van der Waals surface area contributed by atoms with Crippen LogP contribution in [0.15, 0.2) is 24.3 Å². The summed E-state index contributed by atoms with van der Waals surface area (Å²) in [5, 5.41) is 27.4. The van der Waals surface area contributed by atoms with Crippen LogP contribution >= 0.6 is 0 Å². The minimum absolute atomic E-state index is 0.00476. The lowest BCUT2D eigenvalue weighted by Gasteiger charge is -2.32. The number of aliphatic hydroxyl groups is 1. The van der Waals surface area contributed by atoms with E-state index < -0.39 is 6.43 Å². The number of aliphatic hydroxyl groups excluding tert-OH is 1. The summed E-state index contributed by atoms with van der Waals surface area (Å²) in [7, 11) is 0. The molecule has 8 heteroatoms. The van der Waals surface area contributed by atoms with Gasteiger partial charge in [-0.15, -0.1) is 10.2 Å². The van der Waals surface area contributed by atoms with Crippen LogP contribution in [0.1, 0.15) is 17.6 Å². The summed E-state index contributed by atoms with van der Waals surface area (Å²) in [6.07, 6.45) is -3.02. The van der Waals surface area contributed by atoms with Crippen LogP contribution < -0.4 is 4.90 Å². The average molecular weight is 351 g/mol. The van der Waals surface area contributed by atoms with Gasteiger partial charge in [0.25, 0.3) is 6.43 Å². The fourth-order valence-corrected chi connectivity index (χ4v) is 2.91. The lowest BCUT2D eigenvalue weighted by Crippen LogP contribution is -2.44. The van der Waals surface area contributed by atoms with Crippen molar-refractivity contribution < 1.29 is 23.7 Å². The number of ether oxygens (including phenoxy) is 1. The molecular formula is C17H19F2N3O3. The number of halogens is 2. The van der Waals surface area contributed by atoms with Crippen LogP contribution in [0, 0.1) is 6.92 Å². The Morgan fingerprint density at radius 1 is 1.32 bits per heavy atom. The predicted octanol–water partition coefficient (Wildman–Crippen LogP) is 2.29. The zero-order valence-corrected chi connectivity index (χ0v) is 13.7. The van der Waals surface area contributed by atoms with Crippen LogP contribution in [0.2, 0.25) is 0 Å². The van der Waals surface area contributed by atoms with Crippen molar-refractivity contribution >= 4 is 5.82 Å². The van der Waals surface area contributed by atoms with Gasteiger partial charge in [0, 0.05) is 18.7 Å². The van der Waals surface area contributed by atoms with Crippen molar-refractivity contribution in [3.05, 3.63) is 35.4 Å². The molecule has 1 aromatic carbocycles. The fourth-order valence-electron chi connectivity index (χ4n) is 2.91. The normalized spacial score (nSPS) is 18.0. The fraction of sp³-hybridized carbons (Fsp3) is 0.412. The number of rotatable bonds is 4. The van der Waals surface area contributed by atoms with E-state index in [0.29, 0.717) is 31.1 Å². The monoisotopic (exact) mass is 351 g/mol. The van der Waals surface area contributed by atoms with Crippen LogP contribution in [0.3, 0.4) is 0 Å². The number of morpholine rings is 1. The number of hydrogen-bond acceptors (Lipinski definition) is 6. The van der Waals surface area contributed by atoms with Gasteiger partial charge in [-0.2, -0.15) is 0 Å². The molecule has 1 aromatic heterocycles. The van der Waals surface area contributed by atoms with Gasteiger partial charge in [0.2, 0.25) is 0 Å². The SMILES string of the molecule is Cc1cc(O)c(-c2ccc(N3CCO[C@H](CO)C3)nn2)c(C(F)F)c1. The van der Waals surface area contributed by atoms with Crippen molar-refractivity contribution in [2.45, 2.75) is 19.5 Å². The maximum atomic E-state index is 13.3. The standard InChI is InChI=1S/C17H19F2N3O3/c1-10-6-12(17(18)19)16(14(24)7-10)13-2-3-15(21-20-13)22-4-5-25-11(8-22)9-23/h2-3,6-7,11,17,23-24H,4-5,8-9H2,1H3/t11-/m0/s1. The Bertz CT molecular complexity index is 741. The van der Waals surface area contributed by atoms with Crippen molar-refractivity contribution in [3.8, 4) is 17.0 Å². The van der Waals surface area contributed by atoms with Crippen LogP contribution in [0.5, 0.6) is 5.75 Å². The van der Waals surface area contributed by atoms with E-state index in [2.05, 4.69) is 10.2 Å². The van der Waals surface area contributed by atoms with Crippen molar-refractivity contribution in [2.24, 2.45) is 0 Å². The first-order valence-corrected chi connectivity index (χ1v) is 7.92. The van der Waals surface area contributed by atoms with Gasteiger partial charge in [-0.25, -0.2) is 8.78 Å². The number of hydrogen-bond donors (Lipinski definition) is 2. The highest BCUT2D eigenvalue weighted by Crippen LogP contribution is 2.37. The molecule has 0 amide bonds. The van der Waals surface area contributed by atoms with E-state index in [1.54, 1.807) is 19.1 Å². The molecule has 25 heavy (non-hydrogen) atoms. The molecule has 2 heterocycles. The molecule has 2 N–H and O–H groups in total. The first kappa shape index (κ1) is 17.5. The molecule has 2 aromatic rings. The molecule has 1 aliphatic rings. The number of aryl methyl sites for hydroxylation is 1. The van der Waals surface area contributed by atoms with Crippen molar-refractivity contribution in [2.75, 3.05) is 31.2 Å². The number of phenols is 1. The number of alkyl halides is 2. The van der Waals surface area contributed by atoms with E-state index in [1.165, 1.54) is 12.1 Å². The minimum atomic E-state index is -2.73. The Morgan fingerprint density at radius 2 is 2.12 bits per heavy atom. The smallest absolute Gasteiger partial charge is 0.264 e. The molecule has 6 nitrogen and oxygen atoms in total. The second-order valence-corrected chi connectivity index (χ2v) is 5.95. The van der Waals surface area contributed by atoms with E-state index in [0.717, 1.165) is 0 Å². The summed E-state index contributed by atoms with van der Waals surface area (Å²) >= 11 is 0. The first-order valence-electron chi connectivity index (χ1n) is 7.92. The van der Waals surface area contributed by atoms with Crippen LogP contribution in [0.4, 0.5) is 14.6 Å². The maximum absolute atomic E-state index is 13.3. The number of nitrogens with zero attached hydrogens (tertiary/aromatic N) is 3. The number of phenolic OH excluding ortho intramolecular Hbond substituents is 1. The van der Waals surface area contributed by atoms with Gasteiger partial charge >= 0.3 is 0 Å². The van der Waals surface area contributed by atoms with Gasteiger partial charge in [0.05, 0.1) is 30.6 Å². The summed E-state index contributed by atoms with van der Waals surface area (Å²) in [4.78, 5) is 1.91. The van der Waals surface area contributed by atoms with Gasteiger partial charge in [-0.05, 0) is 36.8 Å². The third kappa shape index (κ3) is 3.69. The van der Waals surface area contributed by atoms with Gasteiger partial charge in [-0.1, -0.05) is 0 Å². The highest BCUT2D eigenvalue weighted by Gasteiger charge is 2.23. The maximum Gasteiger partial charge on any atom is 0.264 e. The number of benzene rings is 1. The summed E-state index contributed by atoms with van der Waals surface area (Å²) in [6, 6.07) is 5.98. The van der Waals surface area contributed by atoms with Crippen LogP contribution in [-0.2, 0) is 4.74 Å². The minimum Gasteiger partial charge on any atom is -0.507 e. The first-order chi connectivity index (χ1) is 12.0. The second-order valence-electron chi connectivity index (χ2n) is 5.95. The molecule has 3 rings (SSSR count). The number of aromatic nitrogens is 2. The molecule has 1 fully saturated rings. The van der Waals surface area contributed by atoms with Crippen molar-refractivity contribution in [3.63, 3.8) is 0 Å². The highest BCUT2D eigenvalue weighted by atomic mass is 19.3. The van der Waals surface area contributed by atoms with E-state index in [9.17, 15) is 19.0 Å². The van der Waals surface area contributed by atoms with Gasteiger partial charge in [0.1, 0.15) is 5.75 Å². The molecule has 0 bridgehead atoms. The van der Waals surface area contributed by atoms with Gasteiger partial charge in [0.15, 0.2) is 5.82 Å². The molecule has 0 aliphatic carbocycles. The van der Waals surface area contributed by atoms with Crippen molar-refractivity contribution in [1.82, 2.24) is 10.2 Å². The zero-order valence-electron chi connectivity index (χ0n) is 13.7. The molecule has 134 valence electrons. The molecule has 0 radical (unpaired) electrons. The lowest BCUT2D eigenvalue weighted by molar-refractivity contribution is 0.00332. The Balaban J connectivity index is 1.91. The number of aromatic hydroxyl groups is 1. The molecule has 0 unspecified atom stereocenters. The van der Waals surface area contributed by atoms with E-state index in [4.69, 9.17) is 4.74 Å².